The molecule has 3 aromatic rings. The Bertz CT molecular complexity index is 1050. The maximum absolute atomic E-state index is 12.8. The van der Waals surface area contributed by atoms with Gasteiger partial charge in [-0.1, -0.05) is 29.8 Å². The Labute approximate surface area is 165 Å². The number of para-hydroxylation sites is 1. The lowest BCUT2D eigenvalue weighted by Crippen LogP contribution is -2.23. The van der Waals surface area contributed by atoms with Crippen LogP contribution in [0.1, 0.15) is 28.2 Å². The van der Waals surface area contributed by atoms with Gasteiger partial charge in [0.15, 0.2) is 5.78 Å². The monoisotopic (exact) mass is 403 g/mol. The summed E-state index contributed by atoms with van der Waals surface area (Å²) in [5, 5.41) is 2.65. The summed E-state index contributed by atoms with van der Waals surface area (Å²) in [4.78, 5) is 37.6. The Hall–Kier alpha value is -2.64. The Morgan fingerprint density at radius 1 is 1.11 bits per heavy atom. The largest absolute Gasteiger partial charge is 0.320 e. The third-order valence-corrected chi connectivity index (χ3v) is 5.52. The van der Waals surface area contributed by atoms with Gasteiger partial charge in [0.25, 0.3) is 5.56 Å². The molecule has 0 saturated carbocycles. The van der Waals surface area contributed by atoms with Crippen molar-refractivity contribution in [2.45, 2.75) is 19.8 Å². The number of benzene rings is 1. The van der Waals surface area contributed by atoms with Gasteiger partial charge in [0.05, 0.1) is 20.6 Å². The molecular weight excluding hydrogens is 386 g/mol. The second kappa shape index (κ2) is 7.94. The summed E-state index contributed by atoms with van der Waals surface area (Å²) in [5.41, 5.74) is 1.25. The van der Waals surface area contributed by atoms with E-state index in [0.717, 1.165) is 0 Å². The highest BCUT2D eigenvalue weighted by Gasteiger charge is 2.19. The van der Waals surface area contributed by atoms with Crippen LogP contribution in [-0.4, -0.2) is 21.1 Å². The molecule has 0 spiro atoms. The molecule has 0 radical (unpaired) electrons. The molecule has 0 fully saturated rings. The van der Waals surface area contributed by atoms with Crippen LogP contribution in [0, 0.1) is 6.92 Å². The zero-order valence-electron chi connectivity index (χ0n) is 14.9. The first-order chi connectivity index (χ1) is 12.9. The molecule has 1 aromatic carbocycles. The van der Waals surface area contributed by atoms with Crippen LogP contribution in [0.5, 0.6) is 0 Å². The summed E-state index contributed by atoms with van der Waals surface area (Å²) in [6, 6.07) is 12.5. The van der Waals surface area contributed by atoms with E-state index in [0.29, 0.717) is 20.6 Å². The van der Waals surface area contributed by atoms with E-state index < -0.39 is 0 Å². The molecule has 3 rings (SSSR count). The zero-order valence-corrected chi connectivity index (χ0v) is 16.4. The van der Waals surface area contributed by atoms with Crippen LogP contribution >= 0.6 is 22.9 Å². The number of nitrogens with one attached hydrogen (secondary N) is 1. The summed E-state index contributed by atoms with van der Waals surface area (Å²) in [6.07, 6.45) is 0.0505. The molecule has 2 aromatic heterocycles. The lowest BCUT2D eigenvalue weighted by Gasteiger charge is -2.07. The summed E-state index contributed by atoms with van der Waals surface area (Å²) >= 11 is 7.01. The number of ketones is 1. The first-order valence-electron chi connectivity index (χ1n) is 8.31. The molecule has 27 heavy (non-hydrogen) atoms. The van der Waals surface area contributed by atoms with Crippen molar-refractivity contribution in [1.29, 1.82) is 0 Å². The lowest BCUT2D eigenvalue weighted by molar-refractivity contribution is -0.116. The molecule has 8 heteroatoms. The molecule has 6 nitrogen and oxygen atoms in total. The number of rotatable bonds is 6. The highest BCUT2D eigenvalue weighted by molar-refractivity contribution is 7.18. The first-order valence-corrected chi connectivity index (χ1v) is 9.50. The molecule has 0 bridgehead atoms. The molecule has 0 atom stereocenters. The van der Waals surface area contributed by atoms with Crippen molar-refractivity contribution < 1.29 is 9.59 Å². The number of carbonyl (C=O) groups excluding carboxylic acids is 2. The third kappa shape index (κ3) is 4.04. The van der Waals surface area contributed by atoms with E-state index >= 15 is 0 Å². The molecule has 0 aliphatic heterocycles. The van der Waals surface area contributed by atoms with Crippen molar-refractivity contribution in [3.05, 3.63) is 67.7 Å². The van der Waals surface area contributed by atoms with Crippen molar-refractivity contribution in [2.24, 2.45) is 7.05 Å². The normalized spacial score (nSPS) is 10.8. The number of nitrogens with zero attached hydrogens (tertiary/aromatic N) is 2. The Kier molecular flexibility index (Phi) is 5.62. The van der Waals surface area contributed by atoms with Crippen molar-refractivity contribution in [2.75, 3.05) is 5.32 Å². The van der Waals surface area contributed by atoms with Gasteiger partial charge in [-0.15, -0.1) is 11.3 Å². The fourth-order valence-electron chi connectivity index (χ4n) is 2.73. The number of carbonyl (C=O) groups is 2. The van der Waals surface area contributed by atoms with E-state index in [1.165, 1.54) is 16.0 Å². The van der Waals surface area contributed by atoms with Gasteiger partial charge in [-0.05, 0) is 31.2 Å². The average molecular weight is 404 g/mol. The van der Waals surface area contributed by atoms with E-state index in [-0.39, 0.29) is 35.8 Å². The van der Waals surface area contributed by atoms with E-state index in [1.807, 2.05) is 30.3 Å². The second-order valence-corrected chi connectivity index (χ2v) is 7.73. The number of anilines is 1. The van der Waals surface area contributed by atoms with Gasteiger partial charge >= 0.3 is 0 Å². The van der Waals surface area contributed by atoms with Gasteiger partial charge in [-0.2, -0.15) is 0 Å². The molecule has 0 saturated heterocycles. The topological polar surface area (TPSA) is 73.1 Å². The predicted octanol–water partition coefficient (Wildman–Crippen LogP) is 3.80. The fraction of sp³-hybridized carbons (Fsp3) is 0.211. The number of Topliss-reactive ketones (excluding diaryl/α,β-unsaturated/α-hetero) is 1. The van der Waals surface area contributed by atoms with Crippen LogP contribution in [0.2, 0.25) is 4.34 Å². The van der Waals surface area contributed by atoms with E-state index in [9.17, 15) is 14.4 Å². The molecule has 1 amide bonds. The van der Waals surface area contributed by atoms with Gasteiger partial charge < -0.3 is 5.32 Å². The standard InChI is InChI=1S/C19H18ClN3O3S/c1-12-18(19(26)23(22(12)2)13-6-4-3-5-7-13)21-17(25)11-8-14(24)15-9-10-16(20)27-15/h3-7,9-10H,8,11H2,1-2H3,(H,21,25). The van der Waals surface area contributed by atoms with Crippen molar-refractivity contribution in [3.63, 3.8) is 0 Å². The average Bonchev–Trinajstić information content (AvgIpc) is 3.18. The summed E-state index contributed by atoms with van der Waals surface area (Å²) in [5.74, 6) is -0.523. The highest BCUT2D eigenvalue weighted by Crippen LogP contribution is 2.23. The third-order valence-electron chi connectivity index (χ3n) is 4.25. The quantitative estimate of drug-likeness (QED) is 0.636. The van der Waals surface area contributed by atoms with Crippen LogP contribution in [0.25, 0.3) is 5.69 Å². The number of halogens is 1. The van der Waals surface area contributed by atoms with Gasteiger partial charge in [0, 0.05) is 19.9 Å². The fourth-order valence-corrected chi connectivity index (χ4v) is 3.74. The minimum absolute atomic E-state index is 0.00648. The van der Waals surface area contributed by atoms with Crippen LogP contribution in [0.15, 0.2) is 47.3 Å². The molecule has 0 unspecified atom stereocenters. The van der Waals surface area contributed by atoms with Crippen molar-refractivity contribution >= 4 is 40.3 Å². The molecular formula is C19H18ClN3O3S. The zero-order chi connectivity index (χ0) is 19.6. The first kappa shape index (κ1) is 19.1. The number of aromatic nitrogens is 2. The van der Waals surface area contributed by atoms with E-state index in [2.05, 4.69) is 5.32 Å². The summed E-state index contributed by atoms with van der Waals surface area (Å²) < 4.78 is 3.71. The number of thiophene rings is 1. The molecule has 2 heterocycles. The minimum atomic E-state index is -0.378. The summed E-state index contributed by atoms with van der Waals surface area (Å²) in [6.45, 7) is 1.76. The van der Waals surface area contributed by atoms with E-state index in [1.54, 1.807) is 30.8 Å². The maximum atomic E-state index is 12.8. The van der Waals surface area contributed by atoms with Gasteiger partial charge in [-0.25, -0.2) is 4.68 Å². The molecule has 1 N–H and O–H groups in total. The van der Waals surface area contributed by atoms with Crippen LogP contribution in [-0.2, 0) is 11.8 Å². The summed E-state index contributed by atoms with van der Waals surface area (Å²) in [7, 11) is 1.75. The highest BCUT2D eigenvalue weighted by atomic mass is 35.5. The van der Waals surface area contributed by atoms with Crippen LogP contribution in [0.3, 0.4) is 0 Å². The minimum Gasteiger partial charge on any atom is -0.320 e. The predicted molar refractivity (Wildman–Crippen MR) is 107 cm³/mol. The van der Waals surface area contributed by atoms with Gasteiger partial charge in [0.1, 0.15) is 5.69 Å². The maximum Gasteiger partial charge on any atom is 0.295 e. The SMILES string of the molecule is Cc1c(NC(=O)CCC(=O)c2ccc(Cl)s2)c(=O)n(-c2ccccc2)n1C. The number of amides is 1. The Balaban J connectivity index is 1.73. The van der Waals surface area contributed by atoms with Crippen LogP contribution in [0.4, 0.5) is 5.69 Å². The van der Waals surface area contributed by atoms with E-state index in [4.69, 9.17) is 11.6 Å². The van der Waals surface area contributed by atoms with Gasteiger partial charge in [-0.3, -0.25) is 19.1 Å². The molecule has 140 valence electrons. The van der Waals surface area contributed by atoms with Crippen LogP contribution < -0.4 is 10.9 Å². The second-order valence-electron chi connectivity index (χ2n) is 6.01. The number of hydrogen-bond donors (Lipinski definition) is 1. The Morgan fingerprint density at radius 3 is 2.44 bits per heavy atom. The number of hydrogen-bond acceptors (Lipinski definition) is 4. The van der Waals surface area contributed by atoms with Crippen molar-refractivity contribution in [3.8, 4) is 5.69 Å². The molecule has 0 aliphatic rings. The smallest absolute Gasteiger partial charge is 0.295 e. The molecule has 0 aliphatic carbocycles. The van der Waals surface area contributed by atoms with Gasteiger partial charge in [0.2, 0.25) is 5.91 Å². The van der Waals surface area contributed by atoms with Crippen molar-refractivity contribution in [1.82, 2.24) is 9.36 Å². The lowest BCUT2D eigenvalue weighted by atomic mass is 10.2. The Morgan fingerprint density at radius 2 is 1.81 bits per heavy atom.